The number of aryl methyl sites for hydroxylation is 3. The Morgan fingerprint density at radius 2 is 1.53 bits per heavy atom. The van der Waals surface area contributed by atoms with Gasteiger partial charge in [-0.05, 0) is 0 Å². The zero-order valence-electron chi connectivity index (χ0n) is 21.9. The summed E-state index contributed by atoms with van der Waals surface area (Å²) in [6.07, 6.45) is 2.25. The molecule has 36 heavy (non-hydrogen) atoms. The summed E-state index contributed by atoms with van der Waals surface area (Å²) >= 11 is -2.09. The van der Waals surface area contributed by atoms with Gasteiger partial charge in [0.25, 0.3) is 0 Å². The Bertz CT molecular complexity index is 1990. The zero-order valence-corrected chi connectivity index (χ0v) is 24.0. The molecular weight excluding hydrogens is 497 g/mol. The van der Waals surface area contributed by atoms with Gasteiger partial charge in [-0.2, -0.15) is 0 Å². The first-order chi connectivity index (χ1) is 17.3. The average Bonchev–Trinajstić information content (AvgIpc) is 3.19. The van der Waals surface area contributed by atoms with Crippen molar-refractivity contribution in [2.45, 2.75) is 31.1 Å². The molecule has 0 saturated heterocycles. The predicted octanol–water partition coefficient (Wildman–Crippen LogP) is 7.64. The van der Waals surface area contributed by atoms with Crippen molar-refractivity contribution < 1.29 is 4.57 Å². The third-order valence-corrected chi connectivity index (χ3v) is 12.5. The van der Waals surface area contributed by atoms with E-state index < -0.39 is 13.3 Å². The molecule has 3 heteroatoms. The molecule has 0 N–H and O–H groups in total. The van der Waals surface area contributed by atoms with Crippen LogP contribution in [0.15, 0.2) is 79.0 Å². The number of rotatable bonds is 2. The third kappa shape index (κ3) is 2.82. The van der Waals surface area contributed by atoms with E-state index in [0.29, 0.717) is 0 Å². The van der Waals surface area contributed by atoms with E-state index in [-0.39, 0.29) is 0 Å². The molecule has 3 aromatic heterocycles. The summed E-state index contributed by atoms with van der Waals surface area (Å²) in [5, 5.41) is 6.82. The van der Waals surface area contributed by atoms with Crippen molar-refractivity contribution >= 4 is 66.7 Å². The van der Waals surface area contributed by atoms with Gasteiger partial charge in [-0.1, -0.05) is 0 Å². The Hall–Kier alpha value is -3.37. The second-order valence-corrected chi connectivity index (χ2v) is 22.1. The molecular formula is C33H31GeN2+. The molecule has 0 radical (unpaired) electrons. The fraction of sp³-hybridized carbons (Fsp3) is 0.182. The van der Waals surface area contributed by atoms with Crippen LogP contribution in [-0.2, 0) is 7.05 Å². The van der Waals surface area contributed by atoms with Crippen LogP contribution >= 0.6 is 0 Å². The third-order valence-electron chi connectivity index (χ3n) is 8.24. The standard InChI is InChI=1S/C33H31GeN2/c1-20-17-26-31-25(22-11-8-7-9-12-22)13-10-14-27(31)36-28-19-24(34(3,4)5)18-23-15-16-35(6)33(30(23)28)29(21(20)2)32(26)36/h7-19H,1-6H3/q+1. The molecule has 0 amide bonds. The van der Waals surface area contributed by atoms with Crippen LogP contribution in [0.4, 0.5) is 0 Å². The van der Waals surface area contributed by atoms with Gasteiger partial charge in [0.2, 0.25) is 0 Å². The molecule has 0 aliphatic heterocycles. The molecule has 176 valence electrons. The van der Waals surface area contributed by atoms with E-state index >= 15 is 0 Å². The average molecular weight is 528 g/mol. The molecule has 0 aliphatic rings. The van der Waals surface area contributed by atoms with E-state index in [9.17, 15) is 0 Å². The van der Waals surface area contributed by atoms with Gasteiger partial charge in [-0.25, -0.2) is 0 Å². The summed E-state index contributed by atoms with van der Waals surface area (Å²) in [4.78, 5) is 0. The quantitative estimate of drug-likeness (QED) is 0.0944. The van der Waals surface area contributed by atoms with Crippen LogP contribution in [0.3, 0.4) is 0 Å². The van der Waals surface area contributed by atoms with Gasteiger partial charge in [-0.3, -0.25) is 0 Å². The maximum absolute atomic E-state index is 2.59. The van der Waals surface area contributed by atoms with Crippen LogP contribution in [0.2, 0.25) is 17.3 Å². The van der Waals surface area contributed by atoms with E-state index in [4.69, 9.17) is 0 Å². The summed E-state index contributed by atoms with van der Waals surface area (Å²) in [6, 6.07) is 27.5. The molecule has 0 unspecified atom stereocenters. The number of benzene rings is 4. The first kappa shape index (κ1) is 21.9. The maximum atomic E-state index is 2.59. The van der Waals surface area contributed by atoms with Crippen LogP contribution in [0.25, 0.3) is 60.1 Å². The number of hydrogen-bond donors (Lipinski definition) is 0. The molecule has 2 nitrogen and oxygen atoms in total. The molecule has 0 bridgehead atoms. The number of nitrogens with zero attached hydrogens (tertiary/aromatic N) is 2. The van der Waals surface area contributed by atoms with E-state index in [1.165, 1.54) is 71.3 Å². The van der Waals surface area contributed by atoms with Crippen molar-refractivity contribution in [1.82, 2.24) is 4.40 Å². The summed E-state index contributed by atoms with van der Waals surface area (Å²) in [5.74, 6) is 7.50. The van der Waals surface area contributed by atoms with Crippen LogP contribution in [0.1, 0.15) is 11.1 Å². The van der Waals surface area contributed by atoms with Gasteiger partial charge in [0.1, 0.15) is 0 Å². The molecule has 0 aliphatic carbocycles. The van der Waals surface area contributed by atoms with Crippen molar-refractivity contribution in [2.24, 2.45) is 7.05 Å². The monoisotopic (exact) mass is 529 g/mol. The zero-order chi connectivity index (χ0) is 24.9. The van der Waals surface area contributed by atoms with Crippen LogP contribution in [0.5, 0.6) is 0 Å². The summed E-state index contributed by atoms with van der Waals surface area (Å²) < 4.78 is 6.48. The molecule has 0 saturated carbocycles. The van der Waals surface area contributed by atoms with Gasteiger partial charge in [0.05, 0.1) is 0 Å². The Labute approximate surface area is 214 Å². The van der Waals surface area contributed by atoms with E-state index in [2.05, 4.69) is 126 Å². The summed E-state index contributed by atoms with van der Waals surface area (Å²) in [7, 11) is 2.20. The van der Waals surface area contributed by atoms with E-state index in [0.717, 1.165) is 0 Å². The molecule has 7 aromatic rings. The molecule has 3 heterocycles. The van der Waals surface area contributed by atoms with E-state index in [1.54, 1.807) is 4.40 Å². The fourth-order valence-corrected chi connectivity index (χ4v) is 8.68. The van der Waals surface area contributed by atoms with Crippen LogP contribution in [0, 0.1) is 13.8 Å². The number of pyridine rings is 2. The number of fused-ring (bicyclic) bond motifs is 5. The number of aromatic nitrogens is 2. The minimum absolute atomic E-state index is 1.27. The first-order valence-electron chi connectivity index (χ1n) is 12.9. The van der Waals surface area contributed by atoms with Crippen LogP contribution in [-0.4, -0.2) is 17.7 Å². The van der Waals surface area contributed by atoms with Gasteiger partial charge < -0.3 is 0 Å². The van der Waals surface area contributed by atoms with Gasteiger partial charge in [0.15, 0.2) is 0 Å². The second-order valence-electron chi connectivity index (χ2n) is 11.5. The van der Waals surface area contributed by atoms with Crippen LogP contribution < -0.4 is 8.96 Å². The fourth-order valence-electron chi connectivity index (χ4n) is 6.25. The van der Waals surface area contributed by atoms with E-state index in [1.807, 2.05) is 0 Å². The molecule has 4 aromatic carbocycles. The molecule has 7 rings (SSSR count). The Morgan fingerprint density at radius 3 is 2.28 bits per heavy atom. The van der Waals surface area contributed by atoms with Gasteiger partial charge >= 0.3 is 215 Å². The van der Waals surface area contributed by atoms with Crippen molar-refractivity contribution in [3.05, 3.63) is 90.1 Å². The van der Waals surface area contributed by atoms with Crippen molar-refractivity contribution in [3.63, 3.8) is 0 Å². The molecule has 0 fully saturated rings. The van der Waals surface area contributed by atoms with Gasteiger partial charge in [-0.15, -0.1) is 0 Å². The normalized spacial score (nSPS) is 12.7. The molecule has 0 spiro atoms. The predicted molar refractivity (Wildman–Crippen MR) is 158 cm³/mol. The van der Waals surface area contributed by atoms with Crippen molar-refractivity contribution in [3.8, 4) is 11.1 Å². The summed E-state index contributed by atoms with van der Waals surface area (Å²) in [6.45, 7) is 4.57. The molecule has 0 atom stereocenters. The first-order valence-corrected chi connectivity index (χ1v) is 20.2. The Morgan fingerprint density at radius 1 is 0.750 bits per heavy atom. The van der Waals surface area contributed by atoms with Crippen molar-refractivity contribution in [2.75, 3.05) is 0 Å². The number of hydrogen-bond acceptors (Lipinski definition) is 0. The topological polar surface area (TPSA) is 8.29 Å². The second kappa shape index (κ2) is 7.33. The SMILES string of the molecule is Cc1cc2c3c(-c4ccccc4)cccc3n3c4c[c]([Ge]([CH3])([CH3])[CH3])cc5cc[n+](C)c(c(c1C)c23)c54. The Kier molecular flexibility index (Phi) is 4.46. The minimum atomic E-state index is -2.09. The Balaban J connectivity index is 1.86. The van der Waals surface area contributed by atoms with Gasteiger partial charge in [0, 0.05) is 0 Å². The summed E-state index contributed by atoms with van der Waals surface area (Å²) in [5.41, 5.74) is 10.6. The van der Waals surface area contributed by atoms with Crippen molar-refractivity contribution in [1.29, 1.82) is 0 Å².